The molecule has 2 saturated heterocycles. The Bertz CT molecular complexity index is 494. The van der Waals surface area contributed by atoms with E-state index < -0.39 is 17.8 Å². The normalized spacial score (nSPS) is 27.3. The molecule has 2 amide bonds. The lowest BCUT2D eigenvalue weighted by molar-refractivity contribution is -0.144. The van der Waals surface area contributed by atoms with Gasteiger partial charge in [-0.25, -0.2) is 0 Å². The van der Waals surface area contributed by atoms with Gasteiger partial charge >= 0.3 is 17.8 Å². The summed E-state index contributed by atoms with van der Waals surface area (Å²) in [6.45, 7) is 0.489. The molecule has 2 heterocycles. The number of unbranched alkanes of at least 4 members (excludes halogenated alkanes) is 3. The van der Waals surface area contributed by atoms with Crippen molar-refractivity contribution in [1.29, 1.82) is 0 Å². The Kier molecular flexibility index (Phi) is 7.23. The lowest BCUT2D eigenvalue weighted by Crippen LogP contribution is -2.44. The van der Waals surface area contributed by atoms with Gasteiger partial charge in [0.15, 0.2) is 0 Å². The van der Waals surface area contributed by atoms with Crippen molar-refractivity contribution >= 4 is 17.8 Å². The van der Waals surface area contributed by atoms with E-state index in [0.29, 0.717) is 12.5 Å². The van der Waals surface area contributed by atoms with Crippen molar-refractivity contribution in [2.24, 2.45) is 11.8 Å². The number of ether oxygens (including phenoxy) is 1. The van der Waals surface area contributed by atoms with Crippen LogP contribution in [0.15, 0.2) is 0 Å². The topological polar surface area (TPSA) is 95.9 Å². The molecule has 25 heavy (non-hydrogen) atoms. The summed E-state index contributed by atoms with van der Waals surface area (Å²) >= 11 is 0. The summed E-state index contributed by atoms with van der Waals surface area (Å²) in [6, 6.07) is 0. The smallest absolute Gasteiger partial charge is 0.311 e. The summed E-state index contributed by atoms with van der Waals surface area (Å²) in [5, 5.41) is 11.4. The lowest BCUT2D eigenvalue weighted by Gasteiger charge is -2.28. The van der Waals surface area contributed by atoms with E-state index in [1.807, 2.05) is 0 Å². The van der Waals surface area contributed by atoms with Gasteiger partial charge in [-0.05, 0) is 31.6 Å². The summed E-state index contributed by atoms with van der Waals surface area (Å²) in [5.41, 5.74) is 0. The Balaban J connectivity index is 1.74. The average Bonchev–Trinajstić information content (AvgIpc) is 3.16. The molecule has 0 radical (unpaired) electrons. The maximum atomic E-state index is 11.9. The zero-order valence-electron chi connectivity index (χ0n) is 15.2. The molecule has 0 aliphatic carbocycles. The van der Waals surface area contributed by atoms with Gasteiger partial charge in [-0.2, -0.15) is 0 Å². The zero-order chi connectivity index (χ0) is 18.4. The molecular weight excluding hydrogens is 324 g/mol. The fourth-order valence-corrected chi connectivity index (χ4v) is 4.05. The maximum absolute atomic E-state index is 11.9. The third-order valence-electron chi connectivity index (χ3n) is 5.37. The minimum Gasteiger partial charge on any atom is -0.481 e. The van der Waals surface area contributed by atoms with Crippen LogP contribution in [-0.2, 0) is 19.1 Å². The van der Waals surface area contributed by atoms with Crippen LogP contribution in [0.3, 0.4) is 0 Å². The van der Waals surface area contributed by atoms with E-state index in [1.165, 1.54) is 4.90 Å². The maximum Gasteiger partial charge on any atom is 0.311 e. The number of amides is 2. The molecule has 0 spiro atoms. The lowest BCUT2D eigenvalue weighted by atomic mass is 9.76. The number of rotatable bonds is 9. The van der Waals surface area contributed by atoms with Crippen LogP contribution < -0.4 is 5.32 Å². The molecule has 2 aliphatic heterocycles. The number of carbonyl (C=O) groups is 3. The van der Waals surface area contributed by atoms with Crippen molar-refractivity contribution in [3.05, 3.63) is 0 Å². The van der Waals surface area contributed by atoms with Crippen molar-refractivity contribution in [2.45, 2.75) is 63.6 Å². The zero-order valence-corrected chi connectivity index (χ0v) is 15.2. The minimum atomic E-state index is -0.732. The SMILES string of the molecule is CN(C)C(=O)C(=O)NC[C@@H]1[C@@H](CCCCCCC(=O)O)[C@@H]2CC[C@H]1O2. The highest BCUT2D eigenvalue weighted by Gasteiger charge is 2.48. The van der Waals surface area contributed by atoms with Gasteiger partial charge in [-0.15, -0.1) is 0 Å². The first-order chi connectivity index (χ1) is 11.9. The molecule has 4 atom stereocenters. The Morgan fingerprint density at radius 1 is 1.04 bits per heavy atom. The number of carboxylic acid groups (broad SMARTS) is 1. The highest BCUT2D eigenvalue weighted by molar-refractivity contribution is 6.34. The van der Waals surface area contributed by atoms with Gasteiger partial charge in [0.25, 0.3) is 0 Å². The Labute approximate surface area is 149 Å². The number of hydrogen-bond acceptors (Lipinski definition) is 4. The third kappa shape index (κ3) is 5.42. The van der Waals surface area contributed by atoms with Crippen LogP contribution in [0.2, 0.25) is 0 Å². The molecule has 7 nitrogen and oxygen atoms in total. The fraction of sp³-hybridized carbons (Fsp3) is 0.833. The Hall–Kier alpha value is -1.63. The van der Waals surface area contributed by atoms with E-state index in [-0.39, 0.29) is 24.5 Å². The summed E-state index contributed by atoms with van der Waals surface area (Å²) in [6.07, 6.45) is 7.60. The average molecular weight is 354 g/mol. The molecule has 0 saturated carbocycles. The van der Waals surface area contributed by atoms with Crippen LogP contribution in [0.25, 0.3) is 0 Å². The van der Waals surface area contributed by atoms with Crippen LogP contribution in [0.1, 0.15) is 51.4 Å². The number of carbonyl (C=O) groups excluding carboxylic acids is 2. The first kappa shape index (κ1) is 19.7. The van der Waals surface area contributed by atoms with Gasteiger partial charge in [-0.3, -0.25) is 14.4 Å². The minimum absolute atomic E-state index is 0.191. The largest absolute Gasteiger partial charge is 0.481 e. The predicted octanol–water partition coefficient (Wildman–Crippen LogP) is 1.41. The third-order valence-corrected chi connectivity index (χ3v) is 5.37. The molecule has 2 aliphatic rings. The Morgan fingerprint density at radius 3 is 2.32 bits per heavy atom. The van der Waals surface area contributed by atoms with Gasteiger partial charge in [0.2, 0.25) is 0 Å². The molecule has 0 aromatic heterocycles. The summed E-state index contributed by atoms with van der Waals surface area (Å²) in [5.74, 6) is -1.12. The van der Waals surface area contributed by atoms with Crippen molar-refractivity contribution in [1.82, 2.24) is 10.2 Å². The first-order valence-corrected chi connectivity index (χ1v) is 9.27. The molecule has 2 rings (SSSR count). The van der Waals surface area contributed by atoms with E-state index in [4.69, 9.17) is 9.84 Å². The number of fused-ring (bicyclic) bond motifs is 2. The molecule has 2 bridgehead atoms. The highest BCUT2D eigenvalue weighted by Crippen LogP contribution is 2.45. The summed E-state index contributed by atoms with van der Waals surface area (Å²) in [4.78, 5) is 35.3. The Morgan fingerprint density at radius 2 is 1.68 bits per heavy atom. The number of aliphatic carboxylic acids is 1. The van der Waals surface area contributed by atoms with Gasteiger partial charge in [-0.1, -0.05) is 19.3 Å². The van der Waals surface area contributed by atoms with Crippen molar-refractivity contribution < 1.29 is 24.2 Å². The highest BCUT2D eigenvalue weighted by atomic mass is 16.5. The number of likely N-dealkylation sites (N-methyl/N-ethyl adjacent to an activating group) is 1. The summed E-state index contributed by atoms with van der Waals surface area (Å²) in [7, 11) is 3.13. The van der Waals surface area contributed by atoms with E-state index in [1.54, 1.807) is 14.1 Å². The van der Waals surface area contributed by atoms with Crippen molar-refractivity contribution in [3.8, 4) is 0 Å². The molecular formula is C18H30N2O5. The fourth-order valence-electron chi connectivity index (χ4n) is 4.05. The van der Waals surface area contributed by atoms with E-state index in [0.717, 1.165) is 44.9 Å². The molecule has 0 unspecified atom stereocenters. The molecule has 2 fully saturated rings. The standard InChI is InChI=1S/C18H30N2O5/c1-20(2)18(24)17(23)19-11-13-12(14-9-10-15(13)25-14)7-5-3-4-6-8-16(21)22/h12-15H,3-11H2,1-2H3,(H,19,23)(H,21,22)/t12-,13-,14+,15-/m1/s1. The number of carboxylic acids is 1. The monoisotopic (exact) mass is 354 g/mol. The number of nitrogens with one attached hydrogen (secondary N) is 1. The van der Waals surface area contributed by atoms with Crippen LogP contribution in [0, 0.1) is 11.8 Å². The van der Waals surface area contributed by atoms with Crippen LogP contribution in [0.5, 0.6) is 0 Å². The quantitative estimate of drug-likeness (QED) is 0.482. The second kappa shape index (κ2) is 9.17. The second-order valence-corrected chi connectivity index (χ2v) is 7.37. The summed E-state index contributed by atoms with van der Waals surface area (Å²) < 4.78 is 6.02. The molecule has 0 aromatic rings. The van der Waals surface area contributed by atoms with Gasteiger partial charge in [0.1, 0.15) is 0 Å². The predicted molar refractivity (Wildman–Crippen MR) is 91.9 cm³/mol. The van der Waals surface area contributed by atoms with Crippen molar-refractivity contribution in [2.75, 3.05) is 20.6 Å². The van der Waals surface area contributed by atoms with E-state index in [9.17, 15) is 14.4 Å². The first-order valence-electron chi connectivity index (χ1n) is 9.27. The van der Waals surface area contributed by atoms with Crippen molar-refractivity contribution in [3.63, 3.8) is 0 Å². The van der Waals surface area contributed by atoms with E-state index in [2.05, 4.69) is 5.32 Å². The molecule has 2 N–H and O–H groups in total. The molecule has 142 valence electrons. The van der Waals surface area contributed by atoms with Crippen LogP contribution >= 0.6 is 0 Å². The van der Waals surface area contributed by atoms with Crippen LogP contribution in [0.4, 0.5) is 0 Å². The number of nitrogens with zero attached hydrogens (tertiary/aromatic N) is 1. The van der Waals surface area contributed by atoms with Gasteiger partial charge < -0.3 is 20.1 Å². The van der Waals surface area contributed by atoms with Crippen LogP contribution in [-0.4, -0.2) is 60.6 Å². The van der Waals surface area contributed by atoms with Gasteiger partial charge in [0.05, 0.1) is 12.2 Å². The second-order valence-electron chi connectivity index (χ2n) is 7.37. The number of hydrogen-bond donors (Lipinski definition) is 2. The molecule has 0 aromatic carbocycles. The molecule has 7 heteroatoms. The van der Waals surface area contributed by atoms with Gasteiger partial charge in [0, 0.05) is 33.0 Å². The van der Waals surface area contributed by atoms with E-state index >= 15 is 0 Å².